The molecule has 0 saturated heterocycles. The van der Waals surface area contributed by atoms with Crippen LogP contribution in [0.4, 0.5) is 0 Å². The highest BCUT2D eigenvalue weighted by molar-refractivity contribution is 9.10. The maximum absolute atomic E-state index is 5.95. The zero-order valence-corrected chi connectivity index (χ0v) is 13.3. The molecule has 0 aliphatic rings. The van der Waals surface area contributed by atoms with Crippen LogP contribution in [-0.4, -0.2) is 0 Å². The van der Waals surface area contributed by atoms with Crippen molar-refractivity contribution in [2.24, 2.45) is 0 Å². The maximum atomic E-state index is 5.95. The smallest absolute Gasteiger partial charge is 0.126 e. The molecule has 0 aromatic heterocycles. The lowest BCUT2D eigenvalue weighted by Gasteiger charge is -2.13. The van der Waals surface area contributed by atoms with E-state index in [1.54, 1.807) is 0 Å². The van der Waals surface area contributed by atoms with Crippen molar-refractivity contribution in [3.63, 3.8) is 0 Å². The van der Waals surface area contributed by atoms with Gasteiger partial charge in [0.1, 0.15) is 12.4 Å². The molecule has 0 N–H and O–H groups in total. The summed E-state index contributed by atoms with van der Waals surface area (Å²) in [5, 5.41) is 0.808. The molecule has 0 heterocycles. The van der Waals surface area contributed by atoms with Crippen molar-refractivity contribution in [1.82, 2.24) is 0 Å². The Balaban J connectivity index is 2.15. The van der Waals surface area contributed by atoms with Gasteiger partial charge in [-0.25, -0.2) is 0 Å². The van der Waals surface area contributed by atoms with Crippen molar-refractivity contribution in [2.75, 3.05) is 0 Å². The van der Waals surface area contributed by atoms with E-state index >= 15 is 0 Å². The molecule has 2 aromatic rings. The molecule has 0 aliphatic carbocycles. The summed E-state index contributed by atoms with van der Waals surface area (Å²) in [5.41, 5.74) is 3.51. The predicted molar refractivity (Wildman–Crippen MR) is 82.3 cm³/mol. The van der Waals surface area contributed by atoms with Crippen LogP contribution in [0.3, 0.4) is 0 Å². The highest BCUT2D eigenvalue weighted by Crippen LogP contribution is 2.26. The standard InChI is InChI=1S/C15H14Br2O/c1-11-4-2-6-13(9-16)15(11)18-10-12-5-3-7-14(17)8-12/h2-8H,9-10H2,1H3. The Labute approximate surface area is 124 Å². The van der Waals surface area contributed by atoms with Crippen LogP contribution in [0.1, 0.15) is 16.7 Å². The largest absolute Gasteiger partial charge is 0.488 e. The summed E-state index contributed by atoms with van der Waals surface area (Å²) < 4.78 is 7.03. The van der Waals surface area contributed by atoms with E-state index in [1.165, 1.54) is 11.1 Å². The SMILES string of the molecule is Cc1cccc(CBr)c1OCc1cccc(Br)c1. The Kier molecular flexibility index (Phi) is 4.84. The van der Waals surface area contributed by atoms with Crippen LogP contribution in [0.2, 0.25) is 0 Å². The first-order valence-corrected chi connectivity index (χ1v) is 7.64. The topological polar surface area (TPSA) is 9.23 Å². The molecule has 0 amide bonds. The Morgan fingerprint density at radius 1 is 1.11 bits per heavy atom. The molecule has 0 saturated carbocycles. The number of halogens is 2. The molecule has 18 heavy (non-hydrogen) atoms. The fraction of sp³-hybridized carbons (Fsp3) is 0.200. The number of hydrogen-bond acceptors (Lipinski definition) is 1. The van der Waals surface area contributed by atoms with E-state index in [0.29, 0.717) is 6.61 Å². The van der Waals surface area contributed by atoms with E-state index in [4.69, 9.17) is 4.74 Å². The third kappa shape index (κ3) is 3.36. The second-order valence-electron chi connectivity index (χ2n) is 4.12. The summed E-state index contributed by atoms with van der Waals surface area (Å²) in [5.74, 6) is 0.981. The monoisotopic (exact) mass is 368 g/mol. The van der Waals surface area contributed by atoms with E-state index in [0.717, 1.165) is 21.1 Å². The molecule has 0 spiro atoms. The van der Waals surface area contributed by atoms with Crippen LogP contribution in [0.25, 0.3) is 0 Å². The lowest BCUT2D eigenvalue weighted by Crippen LogP contribution is -1.99. The Morgan fingerprint density at radius 2 is 1.89 bits per heavy atom. The lowest BCUT2D eigenvalue weighted by atomic mass is 10.1. The van der Waals surface area contributed by atoms with Gasteiger partial charge >= 0.3 is 0 Å². The summed E-state index contributed by atoms with van der Waals surface area (Å²) in [6, 6.07) is 14.4. The van der Waals surface area contributed by atoms with Crippen molar-refractivity contribution in [3.8, 4) is 5.75 Å². The molecule has 2 aromatic carbocycles. The van der Waals surface area contributed by atoms with Gasteiger partial charge in [-0.15, -0.1) is 0 Å². The Bertz CT molecular complexity index is 538. The first-order valence-electron chi connectivity index (χ1n) is 5.72. The zero-order valence-electron chi connectivity index (χ0n) is 10.1. The summed E-state index contributed by atoms with van der Waals surface area (Å²) in [6.45, 7) is 2.66. The van der Waals surface area contributed by atoms with Crippen LogP contribution in [0.15, 0.2) is 46.9 Å². The maximum Gasteiger partial charge on any atom is 0.126 e. The minimum atomic E-state index is 0.588. The number of hydrogen-bond donors (Lipinski definition) is 0. The number of aryl methyl sites for hydroxylation is 1. The summed E-state index contributed by atoms with van der Waals surface area (Å²) in [4.78, 5) is 0. The van der Waals surface area contributed by atoms with Gasteiger partial charge in [0, 0.05) is 15.4 Å². The fourth-order valence-electron chi connectivity index (χ4n) is 1.81. The van der Waals surface area contributed by atoms with Crippen molar-refractivity contribution in [2.45, 2.75) is 18.9 Å². The molecule has 0 bridgehead atoms. The molecule has 0 atom stereocenters. The lowest BCUT2D eigenvalue weighted by molar-refractivity contribution is 0.302. The van der Waals surface area contributed by atoms with Gasteiger partial charge in [-0.1, -0.05) is 62.2 Å². The van der Waals surface area contributed by atoms with Gasteiger partial charge in [0.05, 0.1) is 0 Å². The molecule has 1 nitrogen and oxygen atoms in total. The first-order chi connectivity index (χ1) is 8.70. The molecule has 0 fully saturated rings. The van der Waals surface area contributed by atoms with Gasteiger partial charge in [-0.05, 0) is 30.2 Å². The third-order valence-electron chi connectivity index (χ3n) is 2.71. The van der Waals surface area contributed by atoms with Gasteiger partial charge in [0.15, 0.2) is 0 Å². The van der Waals surface area contributed by atoms with E-state index in [9.17, 15) is 0 Å². The van der Waals surface area contributed by atoms with E-state index in [-0.39, 0.29) is 0 Å². The summed E-state index contributed by atoms with van der Waals surface area (Å²) in [7, 11) is 0. The number of benzene rings is 2. The Hall–Kier alpha value is -0.800. The normalized spacial score (nSPS) is 10.4. The Morgan fingerprint density at radius 3 is 2.61 bits per heavy atom. The van der Waals surface area contributed by atoms with Gasteiger partial charge < -0.3 is 4.74 Å². The number of ether oxygens (including phenoxy) is 1. The number of para-hydroxylation sites is 1. The minimum absolute atomic E-state index is 0.588. The molecule has 0 aliphatic heterocycles. The average Bonchev–Trinajstić information content (AvgIpc) is 2.37. The highest BCUT2D eigenvalue weighted by Gasteiger charge is 2.06. The molecular weight excluding hydrogens is 356 g/mol. The molecule has 3 heteroatoms. The average molecular weight is 370 g/mol. The zero-order chi connectivity index (χ0) is 13.0. The second-order valence-corrected chi connectivity index (χ2v) is 5.59. The van der Waals surface area contributed by atoms with Gasteiger partial charge in [0.2, 0.25) is 0 Å². The molecule has 94 valence electrons. The van der Waals surface area contributed by atoms with Crippen LogP contribution in [0, 0.1) is 6.92 Å². The van der Waals surface area contributed by atoms with Crippen LogP contribution < -0.4 is 4.74 Å². The molecule has 0 radical (unpaired) electrons. The minimum Gasteiger partial charge on any atom is -0.488 e. The van der Waals surface area contributed by atoms with Gasteiger partial charge in [0.25, 0.3) is 0 Å². The number of alkyl halides is 1. The predicted octanol–water partition coefficient (Wildman–Crippen LogP) is 5.23. The first kappa shape index (κ1) is 13.6. The van der Waals surface area contributed by atoms with E-state index in [2.05, 4.69) is 69.1 Å². The van der Waals surface area contributed by atoms with Crippen molar-refractivity contribution in [1.29, 1.82) is 0 Å². The molecule has 2 rings (SSSR count). The van der Waals surface area contributed by atoms with Crippen LogP contribution in [0.5, 0.6) is 5.75 Å². The van der Waals surface area contributed by atoms with Crippen molar-refractivity contribution >= 4 is 31.9 Å². The highest BCUT2D eigenvalue weighted by atomic mass is 79.9. The fourth-order valence-corrected chi connectivity index (χ4v) is 2.70. The third-order valence-corrected chi connectivity index (χ3v) is 3.81. The summed E-state index contributed by atoms with van der Waals surface area (Å²) >= 11 is 6.96. The van der Waals surface area contributed by atoms with Crippen molar-refractivity contribution in [3.05, 3.63) is 63.6 Å². The second kappa shape index (κ2) is 6.39. The number of rotatable bonds is 4. The van der Waals surface area contributed by atoms with Gasteiger partial charge in [-0.3, -0.25) is 0 Å². The van der Waals surface area contributed by atoms with Crippen LogP contribution in [-0.2, 0) is 11.9 Å². The molecular formula is C15H14Br2O. The van der Waals surface area contributed by atoms with Gasteiger partial charge in [-0.2, -0.15) is 0 Å². The molecule has 0 unspecified atom stereocenters. The van der Waals surface area contributed by atoms with Crippen LogP contribution >= 0.6 is 31.9 Å². The van der Waals surface area contributed by atoms with Crippen molar-refractivity contribution < 1.29 is 4.74 Å². The quantitative estimate of drug-likeness (QED) is 0.670. The van der Waals surface area contributed by atoms with E-state index < -0.39 is 0 Å². The summed E-state index contributed by atoms with van der Waals surface area (Å²) in [6.07, 6.45) is 0. The van der Waals surface area contributed by atoms with E-state index in [1.807, 2.05) is 12.1 Å².